The van der Waals surface area contributed by atoms with Crippen LogP contribution in [-0.2, 0) is 11.3 Å². The summed E-state index contributed by atoms with van der Waals surface area (Å²) >= 11 is 5.90. The molecule has 6 heteroatoms. The van der Waals surface area contributed by atoms with Crippen LogP contribution >= 0.6 is 11.6 Å². The van der Waals surface area contributed by atoms with Crippen LogP contribution < -0.4 is 10.2 Å². The van der Waals surface area contributed by atoms with Gasteiger partial charge in [-0.15, -0.1) is 0 Å². The minimum atomic E-state index is -0.584. The van der Waals surface area contributed by atoms with E-state index >= 15 is 0 Å². The molecule has 0 aliphatic carbocycles. The lowest BCUT2D eigenvalue weighted by Gasteiger charge is -2.29. The number of hydrogen-bond donors (Lipinski definition) is 1. The van der Waals surface area contributed by atoms with Gasteiger partial charge in [-0.2, -0.15) is 0 Å². The van der Waals surface area contributed by atoms with Gasteiger partial charge < -0.3 is 15.1 Å². The van der Waals surface area contributed by atoms with Crippen molar-refractivity contribution in [1.82, 2.24) is 10.2 Å². The zero-order valence-corrected chi connectivity index (χ0v) is 17.2. The Morgan fingerprint density at radius 2 is 1.71 bits per heavy atom. The van der Waals surface area contributed by atoms with Crippen LogP contribution in [0.5, 0.6) is 0 Å². The van der Waals surface area contributed by atoms with Crippen molar-refractivity contribution in [3.05, 3.63) is 64.7 Å². The maximum Gasteiger partial charge on any atom is 0.251 e. The lowest BCUT2D eigenvalue weighted by molar-refractivity contribution is -0.134. The van der Waals surface area contributed by atoms with E-state index in [1.165, 1.54) is 0 Å². The van der Waals surface area contributed by atoms with Crippen molar-refractivity contribution in [2.75, 3.05) is 25.0 Å². The first-order chi connectivity index (χ1) is 13.4. The highest BCUT2D eigenvalue weighted by atomic mass is 35.5. The summed E-state index contributed by atoms with van der Waals surface area (Å²) in [7, 11) is 2.04. The first-order valence-electron chi connectivity index (χ1n) is 9.51. The molecule has 0 saturated carbocycles. The summed E-state index contributed by atoms with van der Waals surface area (Å²) in [5, 5.41) is 3.49. The normalized spacial score (nSPS) is 15.0. The standard InChI is InChI=1S/C22H26ClN3O2/c1-15(2)20(24-21(27)16-8-10-18(23)11-9-16)22(28)26-13-12-25(3)19-7-5-4-6-17(19)14-26/h4-11,15,20H,12-14H2,1-3H3,(H,24,27). The number of benzene rings is 2. The Morgan fingerprint density at radius 1 is 1.04 bits per heavy atom. The average Bonchev–Trinajstić information content (AvgIpc) is 2.85. The minimum absolute atomic E-state index is 0.0278. The van der Waals surface area contributed by atoms with E-state index in [1.807, 2.05) is 44.0 Å². The van der Waals surface area contributed by atoms with Crippen molar-refractivity contribution in [2.24, 2.45) is 5.92 Å². The van der Waals surface area contributed by atoms with Gasteiger partial charge in [-0.05, 0) is 41.8 Å². The molecule has 1 atom stereocenters. The van der Waals surface area contributed by atoms with E-state index in [2.05, 4.69) is 16.3 Å². The molecular formula is C22H26ClN3O2. The second kappa shape index (κ2) is 8.65. The molecule has 0 fully saturated rings. The molecular weight excluding hydrogens is 374 g/mol. The Hall–Kier alpha value is -2.53. The topological polar surface area (TPSA) is 52.7 Å². The highest BCUT2D eigenvalue weighted by molar-refractivity contribution is 6.30. The number of nitrogens with one attached hydrogen (secondary N) is 1. The number of rotatable bonds is 4. The van der Waals surface area contributed by atoms with Gasteiger partial charge >= 0.3 is 0 Å². The van der Waals surface area contributed by atoms with E-state index in [9.17, 15) is 9.59 Å². The molecule has 0 bridgehead atoms. The number of nitrogens with zero attached hydrogens (tertiary/aromatic N) is 2. The second-order valence-corrected chi connectivity index (χ2v) is 7.95. The van der Waals surface area contributed by atoms with Gasteiger partial charge in [0.1, 0.15) is 6.04 Å². The molecule has 1 N–H and O–H groups in total. The van der Waals surface area contributed by atoms with Gasteiger partial charge in [-0.25, -0.2) is 0 Å². The smallest absolute Gasteiger partial charge is 0.251 e. The largest absolute Gasteiger partial charge is 0.373 e. The van der Waals surface area contributed by atoms with Crippen molar-refractivity contribution in [3.63, 3.8) is 0 Å². The van der Waals surface area contributed by atoms with Crippen LogP contribution in [0, 0.1) is 5.92 Å². The third-order valence-corrected chi connectivity index (χ3v) is 5.36. The molecule has 0 aromatic heterocycles. The quantitative estimate of drug-likeness (QED) is 0.855. The lowest BCUT2D eigenvalue weighted by Crippen LogP contribution is -2.51. The van der Waals surface area contributed by atoms with Gasteiger partial charge in [0, 0.05) is 43.0 Å². The molecule has 2 amide bonds. The van der Waals surface area contributed by atoms with E-state index in [4.69, 9.17) is 11.6 Å². The first-order valence-corrected chi connectivity index (χ1v) is 9.89. The molecule has 1 aliphatic heterocycles. The Morgan fingerprint density at radius 3 is 2.39 bits per heavy atom. The number of hydrogen-bond acceptors (Lipinski definition) is 3. The number of para-hydroxylation sites is 1. The first kappa shape index (κ1) is 20.2. The fraction of sp³-hybridized carbons (Fsp3) is 0.364. The minimum Gasteiger partial charge on any atom is -0.373 e. The van der Waals surface area contributed by atoms with Crippen molar-refractivity contribution in [3.8, 4) is 0 Å². The monoisotopic (exact) mass is 399 g/mol. The molecule has 1 unspecified atom stereocenters. The number of fused-ring (bicyclic) bond motifs is 1. The molecule has 1 heterocycles. The van der Waals surface area contributed by atoms with E-state index in [0.717, 1.165) is 17.8 Å². The van der Waals surface area contributed by atoms with Crippen molar-refractivity contribution >= 4 is 29.1 Å². The number of halogens is 1. The third kappa shape index (κ3) is 4.47. The summed E-state index contributed by atoms with van der Waals surface area (Å²) in [6.07, 6.45) is 0. The molecule has 148 valence electrons. The van der Waals surface area contributed by atoms with Crippen LogP contribution in [0.15, 0.2) is 48.5 Å². The number of carbonyl (C=O) groups is 2. The number of amides is 2. The van der Waals surface area contributed by atoms with Crippen LogP contribution in [-0.4, -0.2) is 42.9 Å². The van der Waals surface area contributed by atoms with Crippen LogP contribution in [0.3, 0.4) is 0 Å². The van der Waals surface area contributed by atoms with Crippen molar-refractivity contribution < 1.29 is 9.59 Å². The summed E-state index contributed by atoms with van der Waals surface area (Å²) < 4.78 is 0. The molecule has 0 saturated heterocycles. The molecule has 28 heavy (non-hydrogen) atoms. The van der Waals surface area contributed by atoms with Crippen LogP contribution in [0.4, 0.5) is 5.69 Å². The molecule has 2 aromatic carbocycles. The zero-order chi connectivity index (χ0) is 20.3. The third-order valence-electron chi connectivity index (χ3n) is 5.11. The average molecular weight is 400 g/mol. The predicted octanol–water partition coefficient (Wildman–Crippen LogP) is 3.57. The lowest BCUT2D eigenvalue weighted by atomic mass is 10.0. The summed E-state index contributed by atoms with van der Waals surface area (Å²) in [4.78, 5) is 30.0. The highest BCUT2D eigenvalue weighted by Gasteiger charge is 2.30. The highest BCUT2D eigenvalue weighted by Crippen LogP contribution is 2.24. The Labute approximate surface area is 171 Å². The van der Waals surface area contributed by atoms with Gasteiger partial charge in [0.15, 0.2) is 0 Å². The van der Waals surface area contributed by atoms with Gasteiger partial charge in [0.25, 0.3) is 5.91 Å². The summed E-state index contributed by atoms with van der Waals surface area (Å²) in [6.45, 7) is 5.80. The molecule has 0 radical (unpaired) electrons. The fourth-order valence-electron chi connectivity index (χ4n) is 3.42. The molecule has 1 aliphatic rings. The summed E-state index contributed by atoms with van der Waals surface area (Å²) in [6, 6.07) is 14.2. The molecule has 0 spiro atoms. The number of anilines is 1. The number of carbonyl (C=O) groups excluding carboxylic acids is 2. The van der Waals surface area contributed by atoms with E-state index in [1.54, 1.807) is 24.3 Å². The fourth-order valence-corrected chi connectivity index (χ4v) is 3.54. The van der Waals surface area contributed by atoms with Gasteiger partial charge in [0.05, 0.1) is 0 Å². The Kier molecular flexibility index (Phi) is 6.25. The zero-order valence-electron chi connectivity index (χ0n) is 16.5. The van der Waals surface area contributed by atoms with Gasteiger partial charge in [0.2, 0.25) is 5.91 Å². The van der Waals surface area contributed by atoms with E-state index < -0.39 is 6.04 Å². The van der Waals surface area contributed by atoms with E-state index in [0.29, 0.717) is 23.7 Å². The Balaban J connectivity index is 1.77. The maximum atomic E-state index is 13.3. The van der Waals surface area contributed by atoms with Crippen molar-refractivity contribution in [2.45, 2.75) is 26.4 Å². The molecule has 2 aromatic rings. The van der Waals surface area contributed by atoms with Crippen LogP contribution in [0.25, 0.3) is 0 Å². The second-order valence-electron chi connectivity index (χ2n) is 7.51. The summed E-state index contributed by atoms with van der Waals surface area (Å²) in [5.41, 5.74) is 2.75. The van der Waals surface area contributed by atoms with Crippen LogP contribution in [0.2, 0.25) is 5.02 Å². The Bertz CT molecular complexity index is 851. The SMILES string of the molecule is CC(C)C(NC(=O)c1ccc(Cl)cc1)C(=O)N1CCN(C)c2ccccc2C1. The molecule has 5 nitrogen and oxygen atoms in total. The van der Waals surface area contributed by atoms with E-state index in [-0.39, 0.29) is 17.7 Å². The number of likely N-dealkylation sites (N-methyl/N-ethyl adjacent to an activating group) is 1. The van der Waals surface area contributed by atoms with Crippen LogP contribution in [0.1, 0.15) is 29.8 Å². The van der Waals surface area contributed by atoms with Crippen molar-refractivity contribution in [1.29, 1.82) is 0 Å². The summed E-state index contributed by atoms with van der Waals surface area (Å²) in [5.74, 6) is -0.349. The molecule has 3 rings (SSSR count). The predicted molar refractivity (Wildman–Crippen MR) is 113 cm³/mol. The van der Waals surface area contributed by atoms with Gasteiger partial charge in [-0.3, -0.25) is 9.59 Å². The maximum absolute atomic E-state index is 13.3. The van der Waals surface area contributed by atoms with Gasteiger partial charge in [-0.1, -0.05) is 43.6 Å².